The summed E-state index contributed by atoms with van der Waals surface area (Å²) < 4.78 is 16.4. The van der Waals surface area contributed by atoms with Gasteiger partial charge in [0.2, 0.25) is 11.8 Å². The molecule has 0 aliphatic heterocycles. The van der Waals surface area contributed by atoms with Gasteiger partial charge in [-0.25, -0.2) is 4.98 Å². The van der Waals surface area contributed by atoms with Gasteiger partial charge in [-0.1, -0.05) is 24.3 Å². The van der Waals surface area contributed by atoms with Gasteiger partial charge in [0.1, 0.15) is 17.0 Å². The molecule has 0 fully saturated rings. The van der Waals surface area contributed by atoms with Gasteiger partial charge in [-0.05, 0) is 48.0 Å². The smallest absolute Gasteiger partial charge is 0.228 e. The summed E-state index contributed by atoms with van der Waals surface area (Å²) in [6.45, 7) is 0. The van der Waals surface area contributed by atoms with Crippen LogP contribution in [0.25, 0.3) is 22.6 Å². The van der Waals surface area contributed by atoms with Crippen molar-refractivity contribution < 1.29 is 18.7 Å². The van der Waals surface area contributed by atoms with Crippen LogP contribution in [-0.4, -0.2) is 25.1 Å². The fourth-order valence-corrected chi connectivity index (χ4v) is 3.10. The van der Waals surface area contributed by atoms with E-state index in [1.165, 1.54) is 0 Å². The number of nitrogens with zero attached hydrogens (tertiary/aromatic N) is 1. The maximum absolute atomic E-state index is 12.6. The first-order valence-electron chi connectivity index (χ1n) is 9.13. The molecule has 4 rings (SSSR count). The Morgan fingerprint density at radius 2 is 1.86 bits per heavy atom. The van der Waals surface area contributed by atoms with E-state index in [9.17, 15) is 4.79 Å². The summed E-state index contributed by atoms with van der Waals surface area (Å²) in [5.74, 6) is 1.60. The minimum atomic E-state index is -0.161. The van der Waals surface area contributed by atoms with Crippen molar-refractivity contribution in [3.05, 3.63) is 72.3 Å². The van der Waals surface area contributed by atoms with Crippen molar-refractivity contribution in [2.75, 3.05) is 19.5 Å². The number of benzene rings is 3. The van der Waals surface area contributed by atoms with Crippen LogP contribution in [0.4, 0.5) is 5.69 Å². The van der Waals surface area contributed by atoms with E-state index < -0.39 is 0 Å². The van der Waals surface area contributed by atoms with Crippen molar-refractivity contribution in [3.8, 4) is 23.0 Å². The molecule has 6 nitrogen and oxygen atoms in total. The predicted molar refractivity (Wildman–Crippen MR) is 111 cm³/mol. The minimum Gasteiger partial charge on any atom is -0.497 e. The Labute approximate surface area is 168 Å². The summed E-state index contributed by atoms with van der Waals surface area (Å²) in [5, 5.41) is 2.92. The number of amides is 1. The van der Waals surface area contributed by atoms with Gasteiger partial charge in [0.25, 0.3) is 0 Å². The normalized spacial score (nSPS) is 10.7. The monoisotopic (exact) mass is 388 g/mol. The molecule has 29 heavy (non-hydrogen) atoms. The SMILES string of the molecule is COc1cccc(CC(=O)Nc2cc(-c3nc4ccccc4o3)ccc2OC)c1. The van der Waals surface area contributed by atoms with E-state index in [4.69, 9.17) is 13.9 Å². The number of oxazole rings is 1. The standard InChI is InChI=1S/C23H20N2O4/c1-27-17-7-5-6-15(12-17)13-22(26)24-19-14-16(10-11-20(19)28-2)23-25-18-8-3-4-9-21(18)29-23/h3-12,14H,13H2,1-2H3,(H,24,26). The Bertz CT molecular complexity index is 1130. The fourth-order valence-electron chi connectivity index (χ4n) is 3.10. The lowest BCUT2D eigenvalue weighted by Crippen LogP contribution is -2.15. The summed E-state index contributed by atoms with van der Waals surface area (Å²) in [6, 6.07) is 20.4. The number of anilines is 1. The Morgan fingerprint density at radius 3 is 2.66 bits per heavy atom. The van der Waals surface area contributed by atoms with Crippen molar-refractivity contribution in [2.45, 2.75) is 6.42 Å². The molecule has 1 N–H and O–H groups in total. The first-order chi connectivity index (χ1) is 14.2. The minimum absolute atomic E-state index is 0.161. The topological polar surface area (TPSA) is 73.6 Å². The van der Waals surface area contributed by atoms with Crippen molar-refractivity contribution in [3.63, 3.8) is 0 Å². The van der Waals surface area contributed by atoms with Crippen LogP contribution in [0.15, 0.2) is 71.1 Å². The number of fused-ring (bicyclic) bond motifs is 1. The van der Waals surface area contributed by atoms with Crippen LogP contribution in [-0.2, 0) is 11.2 Å². The second-order valence-corrected chi connectivity index (χ2v) is 6.48. The van der Waals surface area contributed by atoms with Crippen LogP contribution >= 0.6 is 0 Å². The molecule has 3 aromatic carbocycles. The number of hydrogen-bond donors (Lipinski definition) is 1. The van der Waals surface area contributed by atoms with Gasteiger partial charge in [-0.2, -0.15) is 0 Å². The maximum Gasteiger partial charge on any atom is 0.228 e. The molecule has 0 spiro atoms. The van der Waals surface area contributed by atoms with Crippen molar-refractivity contribution in [2.24, 2.45) is 0 Å². The Kier molecular flexibility index (Phi) is 5.16. The lowest BCUT2D eigenvalue weighted by atomic mass is 10.1. The molecule has 1 aromatic heterocycles. The Hall–Kier alpha value is -3.80. The third-order valence-electron chi connectivity index (χ3n) is 4.51. The molecule has 0 bridgehead atoms. The molecule has 0 aliphatic rings. The molecular formula is C23H20N2O4. The first kappa shape index (κ1) is 18.6. The highest BCUT2D eigenvalue weighted by atomic mass is 16.5. The Balaban J connectivity index is 1.58. The van der Waals surface area contributed by atoms with E-state index in [0.717, 1.165) is 16.6 Å². The number of carbonyl (C=O) groups excluding carboxylic acids is 1. The van der Waals surface area contributed by atoms with Crippen molar-refractivity contribution >= 4 is 22.7 Å². The van der Waals surface area contributed by atoms with E-state index >= 15 is 0 Å². The summed E-state index contributed by atoms with van der Waals surface area (Å²) in [6.07, 6.45) is 0.216. The molecule has 0 atom stereocenters. The quantitative estimate of drug-likeness (QED) is 0.519. The Morgan fingerprint density at radius 1 is 1.00 bits per heavy atom. The molecule has 0 saturated carbocycles. The van der Waals surface area contributed by atoms with Crippen LogP contribution in [0.1, 0.15) is 5.56 Å². The van der Waals surface area contributed by atoms with Crippen LogP contribution < -0.4 is 14.8 Å². The van der Waals surface area contributed by atoms with Crippen LogP contribution in [0.2, 0.25) is 0 Å². The maximum atomic E-state index is 12.6. The molecule has 0 radical (unpaired) electrons. The van der Waals surface area contributed by atoms with E-state index in [2.05, 4.69) is 10.3 Å². The lowest BCUT2D eigenvalue weighted by molar-refractivity contribution is -0.115. The number of aromatic nitrogens is 1. The second kappa shape index (κ2) is 8.06. The molecule has 6 heteroatoms. The molecule has 0 aliphatic carbocycles. The van der Waals surface area contributed by atoms with Crippen LogP contribution in [0.3, 0.4) is 0 Å². The fraction of sp³-hybridized carbons (Fsp3) is 0.130. The predicted octanol–water partition coefficient (Wildman–Crippen LogP) is 4.69. The largest absolute Gasteiger partial charge is 0.497 e. The third-order valence-corrected chi connectivity index (χ3v) is 4.51. The van der Waals surface area contributed by atoms with Gasteiger partial charge in [-0.15, -0.1) is 0 Å². The number of carbonyl (C=O) groups is 1. The number of nitrogens with one attached hydrogen (secondary N) is 1. The first-order valence-corrected chi connectivity index (χ1v) is 9.13. The third kappa shape index (κ3) is 4.06. The zero-order valence-electron chi connectivity index (χ0n) is 16.1. The highest BCUT2D eigenvalue weighted by Crippen LogP contribution is 2.32. The number of methoxy groups -OCH3 is 2. The number of para-hydroxylation sites is 2. The van der Waals surface area contributed by atoms with Crippen LogP contribution in [0.5, 0.6) is 11.5 Å². The lowest BCUT2D eigenvalue weighted by Gasteiger charge is -2.11. The van der Waals surface area contributed by atoms with Crippen molar-refractivity contribution in [1.82, 2.24) is 4.98 Å². The molecule has 1 heterocycles. The summed E-state index contributed by atoms with van der Waals surface area (Å²) in [7, 11) is 3.16. The zero-order valence-corrected chi connectivity index (χ0v) is 16.1. The van der Waals surface area contributed by atoms with Gasteiger partial charge < -0.3 is 19.2 Å². The summed E-state index contributed by atoms with van der Waals surface area (Å²) in [5.41, 5.74) is 3.65. The van der Waals surface area contributed by atoms with E-state index in [0.29, 0.717) is 28.7 Å². The average Bonchev–Trinajstić information content (AvgIpc) is 3.18. The zero-order chi connectivity index (χ0) is 20.2. The molecule has 0 unspecified atom stereocenters. The van der Waals surface area contributed by atoms with Crippen LogP contribution in [0, 0.1) is 0 Å². The van der Waals surface area contributed by atoms with Gasteiger partial charge in [-0.3, -0.25) is 4.79 Å². The van der Waals surface area contributed by atoms with E-state index in [1.807, 2.05) is 54.6 Å². The van der Waals surface area contributed by atoms with Gasteiger partial charge in [0.05, 0.1) is 26.3 Å². The molecular weight excluding hydrogens is 368 g/mol. The second-order valence-electron chi connectivity index (χ2n) is 6.48. The number of hydrogen-bond acceptors (Lipinski definition) is 5. The molecule has 1 amide bonds. The van der Waals surface area contributed by atoms with E-state index in [-0.39, 0.29) is 12.3 Å². The molecule has 0 saturated heterocycles. The summed E-state index contributed by atoms with van der Waals surface area (Å²) >= 11 is 0. The highest BCUT2D eigenvalue weighted by molar-refractivity contribution is 5.94. The molecule has 146 valence electrons. The summed E-state index contributed by atoms with van der Waals surface area (Å²) in [4.78, 5) is 17.1. The van der Waals surface area contributed by atoms with Gasteiger partial charge in [0.15, 0.2) is 5.58 Å². The van der Waals surface area contributed by atoms with Crippen molar-refractivity contribution in [1.29, 1.82) is 0 Å². The number of rotatable bonds is 6. The number of ether oxygens (including phenoxy) is 2. The van der Waals surface area contributed by atoms with Gasteiger partial charge >= 0.3 is 0 Å². The van der Waals surface area contributed by atoms with Gasteiger partial charge in [0, 0.05) is 5.56 Å². The van der Waals surface area contributed by atoms with E-state index in [1.54, 1.807) is 26.4 Å². The average molecular weight is 388 g/mol. The molecule has 4 aromatic rings. The highest BCUT2D eigenvalue weighted by Gasteiger charge is 2.14.